The Morgan fingerprint density at radius 3 is 2.47 bits per heavy atom. The minimum atomic E-state index is -0.0982. The van der Waals surface area contributed by atoms with Crippen molar-refractivity contribution in [2.75, 3.05) is 6.54 Å². The molecule has 0 spiro atoms. The van der Waals surface area contributed by atoms with Gasteiger partial charge in [0.1, 0.15) is 5.69 Å². The molecule has 0 aromatic heterocycles. The number of nitroso groups, excluding NO2 is 1. The lowest BCUT2D eigenvalue weighted by atomic mass is 10.2. The highest BCUT2D eigenvalue weighted by Crippen LogP contribution is 2.12. The molecule has 4 nitrogen and oxygen atoms in total. The molecule has 1 N–H and O–H groups in total. The van der Waals surface area contributed by atoms with Crippen LogP contribution < -0.4 is 5.32 Å². The molecule has 1 aromatic carbocycles. The molecule has 1 aromatic rings. The number of rotatable bonds is 7. The Hall–Kier alpha value is -1.71. The number of unbranched alkanes of at least 4 members (excludes halogenated alkanes) is 3. The second-order valence-corrected chi connectivity index (χ2v) is 3.95. The molecular formula is C13H18N2O2. The molecule has 4 heteroatoms. The second-order valence-electron chi connectivity index (χ2n) is 3.95. The SMILES string of the molecule is CCCCCCNC(=O)c1ccc(N=O)cc1. The van der Waals surface area contributed by atoms with Gasteiger partial charge in [0.15, 0.2) is 0 Å². The van der Waals surface area contributed by atoms with E-state index in [4.69, 9.17) is 0 Å². The van der Waals surface area contributed by atoms with Gasteiger partial charge in [-0.1, -0.05) is 26.2 Å². The highest BCUT2D eigenvalue weighted by Gasteiger charge is 2.04. The van der Waals surface area contributed by atoms with Crippen LogP contribution in [0.15, 0.2) is 29.4 Å². The topological polar surface area (TPSA) is 58.5 Å². The first-order valence-electron chi connectivity index (χ1n) is 5.99. The summed E-state index contributed by atoms with van der Waals surface area (Å²) in [6, 6.07) is 6.30. The summed E-state index contributed by atoms with van der Waals surface area (Å²) in [6.07, 6.45) is 4.54. The van der Waals surface area contributed by atoms with E-state index in [2.05, 4.69) is 17.4 Å². The Labute approximate surface area is 101 Å². The first-order valence-corrected chi connectivity index (χ1v) is 5.99. The summed E-state index contributed by atoms with van der Waals surface area (Å²) in [5, 5.41) is 5.63. The lowest BCUT2D eigenvalue weighted by Crippen LogP contribution is -2.24. The van der Waals surface area contributed by atoms with Crippen LogP contribution in [0.2, 0.25) is 0 Å². The summed E-state index contributed by atoms with van der Waals surface area (Å²) in [5.74, 6) is -0.0982. The van der Waals surface area contributed by atoms with Crippen LogP contribution in [0.4, 0.5) is 5.69 Å². The smallest absolute Gasteiger partial charge is 0.251 e. The fourth-order valence-electron chi connectivity index (χ4n) is 1.53. The normalized spacial score (nSPS) is 9.94. The summed E-state index contributed by atoms with van der Waals surface area (Å²) < 4.78 is 0. The predicted octanol–water partition coefficient (Wildman–Crippen LogP) is 3.39. The quantitative estimate of drug-likeness (QED) is 0.580. The number of hydrogen-bond donors (Lipinski definition) is 1. The van der Waals surface area contributed by atoms with Gasteiger partial charge in [0.2, 0.25) is 0 Å². The van der Waals surface area contributed by atoms with Crippen LogP contribution in [0.1, 0.15) is 43.0 Å². The van der Waals surface area contributed by atoms with Crippen LogP contribution in [0.3, 0.4) is 0 Å². The van der Waals surface area contributed by atoms with E-state index in [0.717, 1.165) is 12.8 Å². The van der Waals surface area contributed by atoms with Gasteiger partial charge in [-0.25, -0.2) is 0 Å². The second kappa shape index (κ2) is 7.54. The highest BCUT2D eigenvalue weighted by atomic mass is 16.3. The number of hydrogen-bond acceptors (Lipinski definition) is 3. The Bertz CT molecular complexity index is 360. The van der Waals surface area contributed by atoms with E-state index in [1.165, 1.54) is 12.8 Å². The molecule has 0 aliphatic rings. The lowest BCUT2D eigenvalue weighted by molar-refractivity contribution is 0.0953. The van der Waals surface area contributed by atoms with Crippen molar-refractivity contribution in [1.29, 1.82) is 0 Å². The van der Waals surface area contributed by atoms with Crippen molar-refractivity contribution in [2.24, 2.45) is 5.18 Å². The van der Waals surface area contributed by atoms with E-state index in [1.54, 1.807) is 24.3 Å². The van der Waals surface area contributed by atoms with Crippen LogP contribution in [-0.4, -0.2) is 12.5 Å². The largest absolute Gasteiger partial charge is 0.352 e. The molecule has 0 aliphatic carbocycles. The van der Waals surface area contributed by atoms with Crippen LogP contribution in [-0.2, 0) is 0 Å². The Morgan fingerprint density at radius 2 is 1.88 bits per heavy atom. The zero-order chi connectivity index (χ0) is 12.5. The number of nitrogens with zero attached hydrogens (tertiary/aromatic N) is 1. The van der Waals surface area contributed by atoms with Crippen LogP contribution in [0.25, 0.3) is 0 Å². The Morgan fingerprint density at radius 1 is 1.18 bits per heavy atom. The summed E-state index contributed by atoms with van der Waals surface area (Å²) in [5.41, 5.74) is 0.900. The third-order valence-electron chi connectivity index (χ3n) is 2.55. The average molecular weight is 234 g/mol. The van der Waals surface area contributed by atoms with Crippen molar-refractivity contribution in [3.8, 4) is 0 Å². The molecule has 0 saturated carbocycles. The molecule has 92 valence electrons. The van der Waals surface area contributed by atoms with E-state index in [9.17, 15) is 9.70 Å². The standard InChI is InChI=1S/C13H18N2O2/c1-2-3-4-5-10-14-13(16)11-6-8-12(15-17)9-7-11/h6-9H,2-5,10H2,1H3,(H,14,16). The van der Waals surface area contributed by atoms with E-state index in [-0.39, 0.29) is 5.91 Å². The predicted molar refractivity (Wildman–Crippen MR) is 68.4 cm³/mol. The first-order chi connectivity index (χ1) is 8.27. The summed E-state index contributed by atoms with van der Waals surface area (Å²) in [6.45, 7) is 2.85. The maximum atomic E-state index is 11.7. The van der Waals surface area contributed by atoms with Crippen molar-refractivity contribution in [3.63, 3.8) is 0 Å². The summed E-state index contributed by atoms with van der Waals surface area (Å²) in [7, 11) is 0. The Kier molecular flexibility index (Phi) is 5.93. The first kappa shape index (κ1) is 13.4. The molecule has 0 unspecified atom stereocenters. The lowest BCUT2D eigenvalue weighted by Gasteiger charge is -2.04. The maximum absolute atomic E-state index is 11.7. The van der Waals surface area contributed by atoms with Crippen LogP contribution in [0, 0.1) is 4.91 Å². The maximum Gasteiger partial charge on any atom is 0.251 e. The monoisotopic (exact) mass is 234 g/mol. The molecule has 0 atom stereocenters. The van der Waals surface area contributed by atoms with Crippen molar-refractivity contribution in [1.82, 2.24) is 5.32 Å². The zero-order valence-corrected chi connectivity index (χ0v) is 10.1. The number of benzene rings is 1. The third-order valence-corrected chi connectivity index (χ3v) is 2.55. The fourth-order valence-corrected chi connectivity index (χ4v) is 1.53. The van der Waals surface area contributed by atoms with E-state index >= 15 is 0 Å². The van der Waals surface area contributed by atoms with E-state index in [1.807, 2.05) is 0 Å². The van der Waals surface area contributed by atoms with Gasteiger partial charge >= 0.3 is 0 Å². The van der Waals surface area contributed by atoms with Gasteiger partial charge in [-0.2, -0.15) is 0 Å². The van der Waals surface area contributed by atoms with Gasteiger partial charge in [-0.05, 0) is 35.9 Å². The summed E-state index contributed by atoms with van der Waals surface area (Å²) in [4.78, 5) is 21.9. The number of amides is 1. The third kappa shape index (κ3) is 4.76. The Balaban J connectivity index is 2.33. The molecule has 0 heterocycles. The molecule has 1 rings (SSSR count). The molecular weight excluding hydrogens is 216 g/mol. The molecule has 0 radical (unpaired) electrons. The van der Waals surface area contributed by atoms with Crippen LogP contribution in [0.5, 0.6) is 0 Å². The van der Waals surface area contributed by atoms with E-state index < -0.39 is 0 Å². The van der Waals surface area contributed by atoms with Crippen molar-refractivity contribution in [2.45, 2.75) is 32.6 Å². The van der Waals surface area contributed by atoms with Gasteiger partial charge in [-0.3, -0.25) is 4.79 Å². The van der Waals surface area contributed by atoms with Gasteiger partial charge in [0.25, 0.3) is 5.91 Å². The van der Waals surface area contributed by atoms with Crippen LogP contribution >= 0.6 is 0 Å². The van der Waals surface area contributed by atoms with Crippen molar-refractivity contribution < 1.29 is 4.79 Å². The van der Waals surface area contributed by atoms with E-state index in [0.29, 0.717) is 17.8 Å². The van der Waals surface area contributed by atoms with Gasteiger partial charge < -0.3 is 5.32 Å². The zero-order valence-electron chi connectivity index (χ0n) is 10.1. The van der Waals surface area contributed by atoms with Gasteiger partial charge in [0.05, 0.1) is 0 Å². The highest BCUT2D eigenvalue weighted by molar-refractivity contribution is 5.94. The molecule has 17 heavy (non-hydrogen) atoms. The fraction of sp³-hybridized carbons (Fsp3) is 0.462. The molecule has 1 amide bonds. The number of nitrogens with one attached hydrogen (secondary N) is 1. The van der Waals surface area contributed by atoms with Gasteiger partial charge in [-0.15, -0.1) is 4.91 Å². The number of carbonyl (C=O) groups is 1. The minimum Gasteiger partial charge on any atom is -0.352 e. The average Bonchev–Trinajstić information content (AvgIpc) is 2.38. The molecule has 0 bridgehead atoms. The molecule has 0 aliphatic heterocycles. The minimum absolute atomic E-state index is 0.0982. The number of carbonyl (C=O) groups excluding carboxylic acids is 1. The van der Waals surface area contributed by atoms with Crippen molar-refractivity contribution >= 4 is 11.6 Å². The summed E-state index contributed by atoms with van der Waals surface area (Å²) >= 11 is 0. The molecule has 0 fully saturated rings. The van der Waals surface area contributed by atoms with Crippen molar-refractivity contribution in [3.05, 3.63) is 34.7 Å². The molecule has 0 saturated heterocycles. The van der Waals surface area contributed by atoms with Gasteiger partial charge in [0, 0.05) is 12.1 Å².